The normalized spacial score (nSPS) is 10.7. The number of nitro groups is 1. The molecule has 6 aromatic rings. The van der Waals surface area contributed by atoms with E-state index >= 15 is 0 Å². The molecule has 0 saturated carbocycles. The number of imidazole rings is 2. The van der Waals surface area contributed by atoms with Gasteiger partial charge in [-0.05, 0) is 52.0 Å². The summed E-state index contributed by atoms with van der Waals surface area (Å²) in [6, 6.07) is 10.6. The molecule has 0 aliphatic heterocycles. The number of H-pyrrole nitrogens is 1. The van der Waals surface area contributed by atoms with Crippen LogP contribution in [0.3, 0.4) is 0 Å². The van der Waals surface area contributed by atoms with Crippen molar-refractivity contribution in [2.75, 3.05) is 5.32 Å². The highest BCUT2D eigenvalue weighted by atomic mass is 35.5. The third-order valence-electron chi connectivity index (χ3n) is 5.58. The van der Waals surface area contributed by atoms with Gasteiger partial charge in [-0.3, -0.25) is 4.98 Å². The zero-order valence-electron chi connectivity index (χ0n) is 23.3. The number of carbonyl (C=O) groups is 1. The fourth-order valence-corrected chi connectivity index (χ4v) is 4.61. The minimum Gasteiger partial charge on any atom is -0.478 e. The van der Waals surface area contributed by atoms with Crippen molar-refractivity contribution in [3.63, 3.8) is 0 Å². The Morgan fingerprint density at radius 2 is 1.87 bits per heavy atom. The number of nitrogens with one attached hydrogen (secondary N) is 2. The molecule has 4 heterocycles. The first-order valence-electron chi connectivity index (χ1n) is 12.6. The molecular weight excluding hydrogens is 653 g/mol. The van der Waals surface area contributed by atoms with Gasteiger partial charge in [0, 0.05) is 25.1 Å². The second kappa shape index (κ2) is 14.9. The molecule has 4 aromatic heterocycles. The molecule has 19 heteroatoms. The average Bonchev–Trinajstić information content (AvgIpc) is 3.65. The van der Waals surface area contributed by atoms with Gasteiger partial charge in [0.2, 0.25) is 6.33 Å². The molecule has 14 nitrogen and oxygen atoms in total. The van der Waals surface area contributed by atoms with Crippen molar-refractivity contribution >= 4 is 57.7 Å². The van der Waals surface area contributed by atoms with Crippen LogP contribution in [0, 0.1) is 10.1 Å². The highest BCUT2D eigenvalue weighted by Crippen LogP contribution is 2.35. The third-order valence-corrected chi connectivity index (χ3v) is 6.94. The monoisotopic (exact) mass is 672 g/mol. The summed E-state index contributed by atoms with van der Waals surface area (Å²) in [4.78, 5) is 47.6. The van der Waals surface area contributed by atoms with Gasteiger partial charge in [-0.15, -0.1) is 0 Å². The van der Waals surface area contributed by atoms with Crippen LogP contribution in [0.15, 0.2) is 96.2 Å². The Labute approximate surface area is 265 Å². The standard InChI is InChI=1S/C14H10F3NO2.C9H7N7O2S.C4H3ClN2/c15-14(16,17)9-4-3-5-10(8-9)18-12-7-2-1-6-11(12)13(19)20;1-15-4-14-7(16(17)18)9(15)19-8-5-6(11-2-10-5)12-3-13-8;5-4-3-6-1-2-7-4/h1-8,18H,(H,19,20);2-4H,1H3,(H,10,11,12,13);1-3H. The van der Waals surface area contributed by atoms with E-state index in [1.54, 1.807) is 36.1 Å². The van der Waals surface area contributed by atoms with Gasteiger partial charge < -0.3 is 30.1 Å². The van der Waals surface area contributed by atoms with Gasteiger partial charge in [0.25, 0.3) is 0 Å². The Balaban J connectivity index is 0.000000173. The number of nitrogens with zero attached hydrogens (tertiary/aromatic N) is 8. The van der Waals surface area contributed by atoms with Gasteiger partial charge in [-0.2, -0.15) is 13.2 Å². The van der Waals surface area contributed by atoms with Gasteiger partial charge in [0.1, 0.15) is 22.0 Å². The van der Waals surface area contributed by atoms with Gasteiger partial charge in [-0.1, -0.05) is 29.8 Å². The molecule has 0 spiro atoms. The maximum Gasteiger partial charge on any atom is 0.416 e. The topological polar surface area (TPSA) is 191 Å². The van der Waals surface area contributed by atoms with E-state index in [-0.39, 0.29) is 22.8 Å². The van der Waals surface area contributed by atoms with Crippen molar-refractivity contribution in [1.29, 1.82) is 0 Å². The summed E-state index contributed by atoms with van der Waals surface area (Å²) >= 11 is 6.51. The smallest absolute Gasteiger partial charge is 0.416 e. The first-order valence-corrected chi connectivity index (χ1v) is 13.8. The molecule has 0 fully saturated rings. The molecule has 0 amide bonds. The molecule has 236 valence electrons. The fourth-order valence-electron chi connectivity index (χ4n) is 3.55. The summed E-state index contributed by atoms with van der Waals surface area (Å²) in [5, 5.41) is 24.0. The van der Waals surface area contributed by atoms with Crippen molar-refractivity contribution in [3.05, 3.63) is 112 Å². The molecule has 6 rings (SSSR count). The molecule has 46 heavy (non-hydrogen) atoms. The first kappa shape index (κ1) is 33.3. The van der Waals surface area contributed by atoms with E-state index < -0.39 is 22.6 Å². The summed E-state index contributed by atoms with van der Waals surface area (Å²) in [6.45, 7) is 0. The van der Waals surface area contributed by atoms with Crippen LogP contribution >= 0.6 is 23.4 Å². The molecule has 0 radical (unpaired) electrons. The van der Waals surface area contributed by atoms with E-state index in [0.717, 1.165) is 23.9 Å². The number of hydrogen-bond donors (Lipinski definition) is 3. The lowest BCUT2D eigenvalue weighted by molar-refractivity contribution is -0.392. The number of aromatic amines is 1. The van der Waals surface area contributed by atoms with Gasteiger partial charge in [-0.25, -0.2) is 24.7 Å². The number of aromatic carboxylic acids is 1. The first-order chi connectivity index (χ1) is 21.9. The fraction of sp³-hybridized carbons (Fsp3) is 0.0741. The Hall–Kier alpha value is -5.62. The van der Waals surface area contributed by atoms with Crippen molar-refractivity contribution in [2.45, 2.75) is 16.2 Å². The molecule has 0 bridgehead atoms. The summed E-state index contributed by atoms with van der Waals surface area (Å²) in [7, 11) is 1.69. The Morgan fingerprint density at radius 3 is 2.52 bits per heavy atom. The van der Waals surface area contributed by atoms with Crippen molar-refractivity contribution in [3.8, 4) is 0 Å². The Bertz CT molecular complexity index is 1960. The second-order valence-electron chi connectivity index (χ2n) is 8.71. The number of benzene rings is 2. The lowest BCUT2D eigenvalue weighted by Gasteiger charge is -2.12. The van der Waals surface area contributed by atoms with Crippen LogP contribution in [0.1, 0.15) is 15.9 Å². The molecule has 0 aliphatic rings. The number of aryl methyl sites for hydroxylation is 1. The van der Waals surface area contributed by atoms with E-state index in [0.29, 0.717) is 26.4 Å². The van der Waals surface area contributed by atoms with Gasteiger partial charge >= 0.3 is 18.0 Å². The van der Waals surface area contributed by atoms with Crippen LogP contribution in [0.4, 0.5) is 30.4 Å². The van der Waals surface area contributed by atoms with E-state index in [1.165, 1.54) is 49.4 Å². The van der Waals surface area contributed by atoms with Crippen LogP contribution in [0.25, 0.3) is 11.2 Å². The number of carboxylic acids is 1. The maximum atomic E-state index is 12.6. The van der Waals surface area contributed by atoms with Crippen LogP contribution in [-0.2, 0) is 13.2 Å². The molecule has 2 aromatic carbocycles. The summed E-state index contributed by atoms with van der Waals surface area (Å²) in [5.74, 6) is -1.35. The highest BCUT2D eigenvalue weighted by Gasteiger charge is 2.30. The number of rotatable bonds is 6. The minimum absolute atomic E-state index is 0.00934. The molecule has 0 aliphatic carbocycles. The van der Waals surface area contributed by atoms with Crippen LogP contribution in [0.2, 0.25) is 5.15 Å². The maximum absolute atomic E-state index is 12.6. The minimum atomic E-state index is -4.44. The van der Waals surface area contributed by atoms with Crippen LogP contribution < -0.4 is 5.32 Å². The average molecular weight is 673 g/mol. The quantitative estimate of drug-likeness (QED) is 0.100. The highest BCUT2D eigenvalue weighted by molar-refractivity contribution is 7.99. The van der Waals surface area contributed by atoms with Crippen LogP contribution in [-0.4, -0.2) is 55.5 Å². The van der Waals surface area contributed by atoms with E-state index in [9.17, 15) is 28.1 Å². The number of halogens is 4. The zero-order chi connectivity index (χ0) is 33.3. The van der Waals surface area contributed by atoms with Crippen molar-refractivity contribution in [2.24, 2.45) is 7.05 Å². The number of anilines is 2. The number of para-hydroxylation sites is 1. The number of fused-ring (bicyclic) bond motifs is 1. The predicted molar refractivity (Wildman–Crippen MR) is 161 cm³/mol. The number of aromatic nitrogens is 8. The SMILES string of the molecule is Clc1cnccn1.Cn1cnc([N+](=O)[O-])c1Sc1ncnc2nc[nH]c12.O=C(O)c1ccccc1Nc1cccc(C(F)(F)F)c1. The third kappa shape index (κ3) is 8.73. The molecule has 0 saturated heterocycles. The van der Waals surface area contributed by atoms with Crippen LogP contribution in [0.5, 0.6) is 0 Å². The largest absolute Gasteiger partial charge is 0.478 e. The molecule has 0 atom stereocenters. The zero-order valence-corrected chi connectivity index (χ0v) is 24.8. The number of hydrogen-bond acceptors (Lipinski definition) is 11. The van der Waals surface area contributed by atoms with E-state index in [2.05, 4.69) is 40.2 Å². The summed E-state index contributed by atoms with van der Waals surface area (Å²) < 4.78 is 39.4. The summed E-state index contributed by atoms with van der Waals surface area (Å²) in [5.41, 5.74) is 0.762. The number of carboxylic acid groups (broad SMARTS) is 1. The van der Waals surface area contributed by atoms with Gasteiger partial charge in [0.05, 0.1) is 29.3 Å². The van der Waals surface area contributed by atoms with Crippen molar-refractivity contribution < 1.29 is 28.0 Å². The lowest BCUT2D eigenvalue weighted by Crippen LogP contribution is -2.06. The summed E-state index contributed by atoms with van der Waals surface area (Å²) in [6.07, 6.45) is 4.43. The molecule has 3 N–H and O–H groups in total. The lowest BCUT2D eigenvalue weighted by atomic mass is 10.1. The second-order valence-corrected chi connectivity index (χ2v) is 10.1. The molecule has 0 unspecified atom stereocenters. The van der Waals surface area contributed by atoms with E-state index in [4.69, 9.17) is 16.7 Å². The van der Waals surface area contributed by atoms with Crippen molar-refractivity contribution in [1.82, 2.24) is 39.5 Å². The van der Waals surface area contributed by atoms with Gasteiger partial charge in [0.15, 0.2) is 10.7 Å². The molecular formula is C27H20ClF3N10O4S. The Kier molecular flexibility index (Phi) is 10.8. The predicted octanol–water partition coefficient (Wildman–Crippen LogP) is 6.42. The van der Waals surface area contributed by atoms with E-state index in [1.807, 2.05) is 0 Å². The Morgan fingerprint density at radius 1 is 1.09 bits per heavy atom. The number of alkyl halides is 3.